The molecule has 0 bridgehead atoms. The zero-order valence-electron chi connectivity index (χ0n) is 10.4. The van der Waals surface area contributed by atoms with Gasteiger partial charge >= 0.3 is 0 Å². The number of fused-ring (bicyclic) bond motifs is 1. The highest BCUT2D eigenvalue weighted by molar-refractivity contribution is 5.83. The first kappa shape index (κ1) is 12.8. The fourth-order valence-electron chi connectivity index (χ4n) is 2.01. The third-order valence-corrected chi connectivity index (χ3v) is 3.12. The maximum absolute atomic E-state index is 10.1. The van der Waals surface area contributed by atoms with Gasteiger partial charge in [0.1, 0.15) is 0 Å². The molecule has 0 saturated heterocycles. The molecule has 1 heterocycles. The number of nitrogens with zero attached hydrogens (tertiary/aromatic N) is 1. The highest BCUT2D eigenvalue weighted by Gasteiger charge is 2.29. The molecule has 2 rings (SSSR count). The van der Waals surface area contributed by atoms with E-state index in [-0.39, 0.29) is 6.42 Å². The van der Waals surface area contributed by atoms with Crippen LogP contribution in [0.15, 0.2) is 43.1 Å². The zero-order chi connectivity index (χ0) is 13.2. The number of benzene rings is 1. The van der Waals surface area contributed by atoms with E-state index >= 15 is 0 Å². The topological polar surface area (TPSA) is 59.5 Å². The van der Waals surface area contributed by atoms with Crippen molar-refractivity contribution >= 4 is 10.9 Å². The molecule has 4 heteroatoms. The van der Waals surface area contributed by atoms with Crippen molar-refractivity contribution < 1.29 is 10.2 Å². The second-order valence-corrected chi connectivity index (χ2v) is 4.48. The predicted octanol–water partition coefficient (Wildman–Crippen LogP) is 1.47. The lowest BCUT2D eigenvalue weighted by Crippen LogP contribution is -2.48. The molecule has 0 aliphatic carbocycles. The van der Waals surface area contributed by atoms with Crippen molar-refractivity contribution in [1.82, 2.24) is 9.88 Å². The molecule has 18 heavy (non-hydrogen) atoms. The molecule has 96 valence electrons. The molecular weight excluding hydrogens is 228 g/mol. The highest BCUT2D eigenvalue weighted by Crippen LogP contribution is 2.22. The minimum atomic E-state index is -1.88. The second kappa shape index (κ2) is 4.94. The van der Waals surface area contributed by atoms with Crippen molar-refractivity contribution in [3.05, 3.63) is 48.7 Å². The average Bonchev–Trinajstić information content (AvgIpc) is 2.73. The van der Waals surface area contributed by atoms with Crippen LogP contribution in [-0.4, -0.2) is 39.6 Å². The number of aromatic nitrogens is 1. The van der Waals surface area contributed by atoms with Crippen LogP contribution in [0.4, 0.5) is 0 Å². The molecule has 0 saturated carbocycles. The number of para-hydroxylation sites is 1. The van der Waals surface area contributed by atoms with Crippen molar-refractivity contribution in [3.63, 3.8) is 0 Å². The number of nitrogens with one attached hydrogen (secondary N) is 1. The zero-order valence-corrected chi connectivity index (χ0v) is 10.4. The monoisotopic (exact) mass is 246 g/mol. The van der Waals surface area contributed by atoms with E-state index in [2.05, 4.69) is 11.6 Å². The van der Waals surface area contributed by atoms with Gasteiger partial charge in [0.2, 0.25) is 5.91 Å². The van der Waals surface area contributed by atoms with Crippen LogP contribution >= 0.6 is 0 Å². The number of hydrogen-bond acceptors (Lipinski definition) is 3. The molecule has 0 radical (unpaired) electrons. The lowest BCUT2D eigenvalue weighted by Gasteiger charge is -2.31. The van der Waals surface area contributed by atoms with Gasteiger partial charge in [0, 0.05) is 30.1 Å². The quantitative estimate of drug-likeness (QED) is 0.553. The van der Waals surface area contributed by atoms with Crippen LogP contribution in [0.2, 0.25) is 0 Å². The van der Waals surface area contributed by atoms with Gasteiger partial charge in [0.15, 0.2) is 0 Å². The number of aliphatic hydroxyl groups is 2. The maximum Gasteiger partial charge on any atom is 0.229 e. The molecule has 1 aromatic carbocycles. The molecular formula is C14H18N2O2. The Bertz CT molecular complexity index is 545. The average molecular weight is 246 g/mol. The van der Waals surface area contributed by atoms with Gasteiger partial charge in [-0.1, -0.05) is 24.3 Å². The summed E-state index contributed by atoms with van der Waals surface area (Å²) in [7, 11) is 1.65. The van der Waals surface area contributed by atoms with Crippen LogP contribution < -0.4 is 0 Å². The lowest BCUT2D eigenvalue weighted by molar-refractivity contribution is -0.251. The van der Waals surface area contributed by atoms with E-state index in [1.807, 2.05) is 30.5 Å². The molecule has 0 aliphatic heterocycles. The summed E-state index contributed by atoms with van der Waals surface area (Å²) < 4.78 is 0. The predicted molar refractivity (Wildman–Crippen MR) is 72.0 cm³/mol. The van der Waals surface area contributed by atoms with Gasteiger partial charge in [-0.2, -0.15) is 0 Å². The standard InChI is InChI=1S/C14H18N2O2/c1-3-8-16(2)14(17,18)9-11-10-15-13-7-5-4-6-12(11)13/h3-7,10,15,17-18H,1,8-9H2,2H3. The van der Waals surface area contributed by atoms with Gasteiger partial charge in [-0.05, 0) is 18.7 Å². The molecule has 0 spiro atoms. The fraction of sp³-hybridized carbons (Fsp3) is 0.286. The Morgan fingerprint density at radius 2 is 2.11 bits per heavy atom. The Balaban J connectivity index is 2.25. The van der Waals surface area contributed by atoms with E-state index < -0.39 is 5.91 Å². The van der Waals surface area contributed by atoms with Crippen LogP contribution in [0.5, 0.6) is 0 Å². The lowest BCUT2D eigenvalue weighted by atomic mass is 10.1. The van der Waals surface area contributed by atoms with Crippen molar-refractivity contribution in [2.24, 2.45) is 0 Å². The summed E-state index contributed by atoms with van der Waals surface area (Å²) in [6, 6.07) is 7.80. The Kier molecular flexibility index (Phi) is 3.52. The molecule has 3 N–H and O–H groups in total. The number of rotatable bonds is 5. The van der Waals surface area contributed by atoms with E-state index in [1.54, 1.807) is 13.1 Å². The van der Waals surface area contributed by atoms with Crippen LogP contribution in [0.3, 0.4) is 0 Å². The molecule has 2 aromatic rings. The van der Waals surface area contributed by atoms with Crippen LogP contribution in [0.1, 0.15) is 5.56 Å². The molecule has 1 aromatic heterocycles. The van der Waals surface area contributed by atoms with Gasteiger partial charge in [0.05, 0.1) is 0 Å². The van der Waals surface area contributed by atoms with Gasteiger partial charge in [-0.25, -0.2) is 0 Å². The highest BCUT2D eigenvalue weighted by atomic mass is 16.5. The largest absolute Gasteiger partial charge is 0.361 e. The summed E-state index contributed by atoms with van der Waals surface area (Å²) in [6.45, 7) is 4.00. The van der Waals surface area contributed by atoms with Gasteiger partial charge in [0.25, 0.3) is 0 Å². The molecule has 0 fully saturated rings. The Morgan fingerprint density at radius 1 is 1.39 bits per heavy atom. The van der Waals surface area contributed by atoms with Crippen molar-refractivity contribution in [1.29, 1.82) is 0 Å². The molecule has 0 unspecified atom stereocenters. The normalized spacial score (nSPS) is 12.2. The first-order valence-corrected chi connectivity index (χ1v) is 5.86. The second-order valence-electron chi connectivity index (χ2n) is 4.48. The molecule has 0 atom stereocenters. The summed E-state index contributed by atoms with van der Waals surface area (Å²) in [6.07, 6.45) is 3.59. The van der Waals surface area contributed by atoms with Gasteiger partial charge < -0.3 is 15.2 Å². The van der Waals surface area contributed by atoms with E-state index in [4.69, 9.17) is 0 Å². The molecule has 4 nitrogen and oxygen atoms in total. The molecule has 0 amide bonds. The van der Waals surface area contributed by atoms with Gasteiger partial charge in [-0.15, -0.1) is 6.58 Å². The summed E-state index contributed by atoms with van der Waals surface area (Å²) in [5.74, 6) is -1.88. The first-order chi connectivity index (χ1) is 8.54. The summed E-state index contributed by atoms with van der Waals surface area (Å²) >= 11 is 0. The third kappa shape index (κ3) is 2.46. The van der Waals surface area contributed by atoms with E-state index in [0.29, 0.717) is 6.54 Å². The Morgan fingerprint density at radius 3 is 2.83 bits per heavy atom. The van der Waals surface area contributed by atoms with Gasteiger partial charge in [-0.3, -0.25) is 4.90 Å². The molecule has 0 aliphatic rings. The first-order valence-electron chi connectivity index (χ1n) is 5.86. The van der Waals surface area contributed by atoms with Crippen LogP contribution in [0.25, 0.3) is 10.9 Å². The number of hydrogen-bond donors (Lipinski definition) is 3. The summed E-state index contributed by atoms with van der Waals surface area (Å²) in [4.78, 5) is 4.57. The van der Waals surface area contributed by atoms with Crippen molar-refractivity contribution in [2.75, 3.05) is 13.6 Å². The van der Waals surface area contributed by atoms with Crippen molar-refractivity contribution in [3.8, 4) is 0 Å². The Hall–Kier alpha value is -1.62. The van der Waals surface area contributed by atoms with E-state index in [9.17, 15) is 10.2 Å². The summed E-state index contributed by atoms with van der Waals surface area (Å²) in [5, 5.41) is 21.1. The van der Waals surface area contributed by atoms with Crippen LogP contribution in [0, 0.1) is 0 Å². The van der Waals surface area contributed by atoms with Crippen molar-refractivity contribution in [2.45, 2.75) is 12.3 Å². The summed E-state index contributed by atoms with van der Waals surface area (Å²) in [5.41, 5.74) is 1.88. The fourth-order valence-corrected chi connectivity index (χ4v) is 2.01. The third-order valence-electron chi connectivity index (χ3n) is 3.12. The Labute approximate surface area is 106 Å². The maximum atomic E-state index is 10.1. The number of likely N-dealkylation sites (N-methyl/N-ethyl adjacent to an activating group) is 1. The number of H-pyrrole nitrogens is 1. The SMILES string of the molecule is C=CCN(C)C(O)(O)Cc1c[nH]c2ccccc12. The van der Waals surface area contributed by atoms with E-state index in [0.717, 1.165) is 16.5 Å². The smallest absolute Gasteiger partial charge is 0.229 e. The van der Waals surface area contributed by atoms with Crippen LogP contribution in [-0.2, 0) is 6.42 Å². The minimum absolute atomic E-state index is 0.140. The number of aromatic amines is 1. The van der Waals surface area contributed by atoms with E-state index in [1.165, 1.54) is 4.90 Å². The minimum Gasteiger partial charge on any atom is -0.361 e.